The van der Waals surface area contributed by atoms with Crippen LogP contribution < -0.4 is 5.32 Å². The molecular weight excluding hydrogens is 354 g/mol. The lowest BCUT2D eigenvalue weighted by molar-refractivity contribution is -0.142. The average Bonchev–Trinajstić information content (AvgIpc) is 3.22. The van der Waals surface area contributed by atoms with Gasteiger partial charge in [0.1, 0.15) is 5.76 Å². The van der Waals surface area contributed by atoms with Crippen LogP contribution in [0.4, 0.5) is 5.13 Å². The third-order valence-corrected chi connectivity index (χ3v) is 4.24. The number of aromatic nitrogens is 2. The van der Waals surface area contributed by atoms with Gasteiger partial charge in [-0.2, -0.15) is 0 Å². The number of aryl methyl sites for hydroxylation is 1. The van der Waals surface area contributed by atoms with Crippen molar-refractivity contribution in [3.63, 3.8) is 0 Å². The molecule has 8 heteroatoms. The van der Waals surface area contributed by atoms with E-state index >= 15 is 0 Å². The summed E-state index contributed by atoms with van der Waals surface area (Å²) < 4.78 is 10.5. The average molecular weight is 371 g/mol. The number of nitrogens with zero attached hydrogens (tertiary/aromatic N) is 2. The fourth-order valence-electron chi connectivity index (χ4n) is 2.27. The lowest BCUT2D eigenvalue weighted by Gasteiger charge is -1.99. The molecule has 1 N–H and O–H groups in total. The standard InChI is InChI=1S/C18H17N3O4S/c1-3-24-14(22)9-13-10-26-18(19-13)21-16(23)15-11(2)25-17(20-15)12-7-5-4-6-8-12/h4-8,10H,3,9H2,1-2H3,(H,19,21,23). The SMILES string of the molecule is CCOC(=O)Cc1csc(NC(=O)c2nc(-c3ccccc3)oc2C)n1. The van der Waals surface area contributed by atoms with Gasteiger partial charge >= 0.3 is 5.97 Å². The Morgan fingerprint density at radius 3 is 2.73 bits per heavy atom. The molecule has 0 aliphatic carbocycles. The maximum absolute atomic E-state index is 12.5. The van der Waals surface area contributed by atoms with Crippen molar-refractivity contribution in [1.82, 2.24) is 9.97 Å². The lowest BCUT2D eigenvalue weighted by Crippen LogP contribution is -2.14. The first-order valence-electron chi connectivity index (χ1n) is 8.01. The fraction of sp³-hybridized carbons (Fsp3) is 0.222. The molecule has 0 saturated carbocycles. The normalized spacial score (nSPS) is 10.5. The quantitative estimate of drug-likeness (QED) is 0.667. The van der Waals surface area contributed by atoms with Crippen molar-refractivity contribution in [2.75, 3.05) is 11.9 Å². The van der Waals surface area contributed by atoms with Gasteiger partial charge in [0.25, 0.3) is 5.91 Å². The second kappa shape index (κ2) is 7.92. The molecule has 1 aromatic carbocycles. The van der Waals surface area contributed by atoms with E-state index in [-0.39, 0.29) is 18.1 Å². The number of carbonyl (C=O) groups is 2. The van der Waals surface area contributed by atoms with Crippen LogP contribution in [0.3, 0.4) is 0 Å². The van der Waals surface area contributed by atoms with E-state index < -0.39 is 5.91 Å². The highest BCUT2D eigenvalue weighted by molar-refractivity contribution is 7.14. The molecule has 0 radical (unpaired) electrons. The van der Waals surface area contributed by atoms with Crippen molar-refractivity contribution in [3.8, 4) is 11.5 Å². The number of nitrogens with one attached hydrogen (secondary N) is 1. The van der Waals surface area contributed by atoms with Gasteiger partial charge in [-0.05, 0) is 26.0 Å². The third kappa shape index (κ3) is 4.15. The molecule has 0 saturated heterocycles. The van der Waals surface area contributed by atoms with Crippen LogP contribution in [-0.4, -0.2) is 28.5 Å². The maximum atomic E-state index is 12.5. The van der Waals surface area contributed by atoms with Crippen LogP contribution in [0.1, 0.15) is 28.9 Å². The highest BCUT2D eigenvalue weighted by Crippen LogP contribution is 2.23. The monoisotopic (exact) mass is 371 g/mol. The number of oxazole rings is 1. The molecule has 0 aliphatic heterocycles. The summed E-state index contributed by atoms with van der Waals surface area (Å²) >= 11 is 1.23. The Balaban J connectivity index is 1.70. The minimum atomic E-state index is -0.412. The summed E-state index contributed by atoms with van der Waals surface area (Å²) in [5, 5.41) is 4.78. The number of hydrogen-bond acceptors (Lipinski definition) is 7. The van der Waals surface area contributed by atoms with Crippen LogP contribution in [0.2, 0.25) is 0 Å². The van der Waals surface area contributed by atoms with Crippen molar-refractivity contribution < 1.29 is 18.7 Å². The van der Waals surface area contributed by atoms with Crippen molar-refractivity contribution >= 4 is 28.3 Å². The van der Waals surface area contributed by atoms with Crippen LogP contribution in [0.15, 0.2) is 40.1 Å². The zero-order valence-electron chi connectivity index (χ0n) is 14.3. The fourth-order valence-corrected chi connectivity index (χ4v) is 2.98. The van der Waals surface area contributed by atoms with E-state index in [0.717, 1.165) is 5.56 Å². The van der Waals surface area contributed by atoms with Gasteiger partial charge in [-0.1, -0.05) is 18.2 Å². The van der Waals surface area contributed by atoms with Gasteiger partial charge in [0.2, 0.25) is 5.89 Å². The number of thiazole rings is 1. The van der Waals surface area contributed by atoms with Crippen LogP contribution in [0.5, 0.6) is 0 Å². The molecule has 134 valence electrons. The summed E-state index contributed by atoms with van der Waals surface area (Å²) in [7, 11) is 0. The van der Waals surface area contributed by atoms with Crippen LogP contribution in [-0.2, 0) is 16.0 Å². The second-order valence-electron chi connectivity index (χ2n) is 5.37. The van der Waals surface area contributed by atoms with Crippen LogP contribution >= 0.6 is 11.3 Å². The number of benzene rings is 1. The number of rotatable bonds is 6. The Labute approximate surface area is 154 Å². The van der Waals surface area contributed by atoms with E-state index in [1.807, 2.05) is 30.3 Å². The van der Waals surface area contributed by atoms with Crippen molar-refractivity contribution in [3.05, 3.63) is 52.9 Å². The van der Waals surface area contributed by atoms with E-state index in [2.05, 4.69) is 15.3 Å². The van der Waals surface area contributed by atoms with Crippen LogP contribution in [0.25, 0.3) is 11.5 Å². The summed E-state index contributed by atoms with van der Waals surface area (Å²) in [6.45, 7) is 3.75. The van der Waals surface area contributed by atoms with Crippen molar-refractivity contribution in [2.24, 2.45) is 0 Å². The minimum absolute atomic E-state index is 0.0708. The predicted octanol–water partition coefficient (Wildman–Crippen LogP) is 3.46. The summed E-state index contributed by atoms with van der Waals surface area (Å²) in [4.78, 5) is 32.4. The summed E-state index contributed by atoms with van der Waals surface area (Å²) in [5.41, 5.74) is 1.54. The van der Waals surface area contributed by atoms with Gasteiger partial charge < -0.3 is 9.15 Å². The van der Waals surface area contributed by atoms with Gasteiger partial charge in [0.05, 0.1) is 18.7 Å². The molecule has 3 aromatic rings. The van der Waals surface area contributed by atoms with E-state index in [9.17, 15) is 9.59 Å². The molecule has 3 rings (SSSR count). The number of esters is 1. The van der Waals surface area contributed by atoms with E-state index in [0.29, 0.717) is 29.1 Å². The van der Waals surface area contributed by atoms with Gasteiger partial charge in [0, 0.05) is 10.9 Å². The minimum Gasteiger partial charge on any atom is -0.466 e. The molecule has 7 nitrogen and oxygen atoms in total. The topological polar surface area (TPSA) is 94.3 Å². The maximum Gasteiger partial charge on any atom is 0.311 e. The van der Waals surface area contributed by atoms with Gasteiger partial charge in [0.15, 0.2) is 10.8 Å². The highest BCUT2D eigenvalue weighted by Gasteiger charge is 2.19. The molecule has 0 spiro atoms. The first-order valence-corrected chi connectivity index (χ1v) is 8.89. The van der Waals surface area contributed by atoms with Crippen LogP contribution in [0, 0.1) is 6.92 Å². The molecule has 0 unspecified atom stereocenters. The Morgan fingerprint density at radius 1 is 1.23 bits per heavy atom. The largest absolute Gasteiger partial charge is 0.466 e. The highest BCUT2D eigenvalue weighted by atomic mass is 32.1. The van der Waals surface area contributed by atoms with Gasteiger partial charge in [-0.15, -0.1) is 11.3 Å². The lowest BCUT2D eigenvalue weighted by atomic mass is 10.2. The zero-order chi connectivity index (χ0) is 18.5. The van der Waals surface area contributed by atoms with E-state index in [1.165, 1.54) is 11.3 Å². The molecule has 26 heavy (non-hydrogen) atoms. The molecule has 1 amide bonds. The molecular formula is C18H17N3O4S. The molecule has 2 heterocycles. The summed E-state index contributed by atoms with van der Waals surface area (Å²) in [6.07, 6.45) is 0.0708. The van der Waals surface area contributed by atoms with E-state index in [4.69, 9.17) is 9.15 Å². The Morgan fingerprint density at radius 2 is 2.00 bits per heavy atom. The third-order valence-electron chi connectivity index (χ3n) is 3.44. The number of anilines is 1. The zero-order valence-corrected chi connectivity index (χ0v) is 15.1. The molecule has 0 fully saturated rings. The van der Waals surface area contributed by atoms with Gasteiger partial charge in [-0.3, -0.25) is 14.9 Å². The summed E-state index contributed by atoms with van der Waals surface area (Å²) in [6, 6.07) is 9.35. The Bertz CT molecular complexity index is 918. The number of hydrogen-bond donors (Lipinski definition) is 1. The van der Waals surface area contributed by atoms with Crippen molar-refractivity contribution in [1.29, 1.82) is 0 Å². The molecule has 0 atom stereocenters. The second-order valence-corrected chi connectivity index (χ2v) is 6.23. The van der Waals surface area contributed by atoms with Gasteiger partial charge in [-0.25, -0.2) is 9.97 Å². The number of carbonyl (C=O) groups excluding carboxylic acids is 2. The summed E-state index contributed by atoms with van der Waals surface area (Å²) in [5.74, 6) is 0.0426. The number of amides is 1. The Hall–Kier alpha value is -3.00. The first-order chi connectivity index (χ1) is 12.6. The van der Waals surface area contributed by atoms with Crippen molar-refractivity contribution in [2.45, 2.75) is 20.3 Å². The Kier molecular flexibility index (Phi) is 5.43. The first kappa shape index (κ1) is 17.8. The molecule has 2 aromatic heterocycles. The molecule has 0 aliphatic rings. The predicted molar refractivity (Wildman–Crippen MR) is 97.1 cm³/mol. The molecule has 0 bridgehead atoms. The smallest absolute Gasteiger partial charge is 0.311 e. The number of ether oxygens (including phenoxy) is 1. The van der Waals surface area contributed by atoms with E-state index in [1.54, 1.807) is 19.2 Å².